The Labute approximate surface area is 260 Å². The topological polar surface area (TPSA) is 26.0 Å². The van der Waals surface area contributed by atoms with Gasteiger partial charge in [0.1, 0.15) is 5.82 Å². The number of aromatic nitrogens is 3. The molecule has 4 heteroatoms. The van der Waals surface area contributed by atoms with Gasteiger partial charge in [0.25, 0.3) is 0 Å². The molecule has 6 aromatic carbocycles. The van der Waals surface area contributed by atoms with Crippen LogP contribution in [0.25, 0.3) is 55.0 Å². The second-order valence-electron chi connectivity index (χ2n) is 11.3. The highest BCUT2D eigenvalue weighted by Crippen LogP contribution is 2.45. The lowest BCUT2D eigenvalue weighted by Gasteiger charge is -2.27. The van der Waals surface area contributed by atoms with Crippen LogP contribution in [-0.4, -0.2) is 14.1 Å². The standard InChI is InChI=1S/C41H28N4/c1-3-15-29(16-4-1)44(40-25-13-14-26-42-40)39-28-31(43-36-22-10-7-19-32(36)33-20-8-11-23-37(33)43)27-35-34-21-9-12-24-38(34)45(41(35)39)30-17-5-2-6-18-30/h1-28H. The Hall–Kier alpha value is -6.13. The summed E-state index contributed by atoms with van der Waals surface area (Å²) in [6.45, 7) is 0. The molecule has 4 nitrogen and oxygen atoms in total. The van der Waals surface area contributed by atoms with Crippen molar-refractivity contribution in [3.05, 3.63) is 170 Å². The van der Waals surface area contributed by atoms with Crippen molar-refractivity contribution >= 4 is 60.8 Å². The van der Waals surface area contributed by atoms with E-state index in [2.05, 4.69) is 172 Å². The number of pyridine rings is 1. The first kappa shape index (κ1) is 25.4. The van der Waals surface area contributed by atoms with Gasteiger partial charge in [-0.1, -0.05) is 97.1 Å². The number of nitrogens with zero attached hydrogens (tertiary/aromatic N) is 4. The fourth-order valence-electron chi connectivity index (χ4n) is 6.86. The summed E-state index contributed by atoms with van der Waals surface area (Å²) in [6, 6.07) is 58.1. The van der Waals surface area contributed by atoms with E-state index in [4.69, 9.17) is 4.98 Å². The molecule has 0 aliphatic carbocycles. The van der Waals surface area contributed by atoms with Crippen molar-refractivity contribution in [3.63, 3.8) is 0 Å². The third-order valence-corrected chi connectivity index (χ3v) is 8.72. The molecule has 0 aliphatic rings. The van der Waals surface area contributed by atoms with Crippen LogP contribution in [0.1, 0.15) is 0 Å². The van der Waals surface area contributed by atoms with Gasteiger partial charge in [0.05, 0.1) is 27.8 Å². The smallest absolute Gasteiger partial charge is 0.137 e. The molecule has 0 saturated heterocycles. The van der Waals surface area contributed by atoms with Crippen molar-refractivity contribution in [1.82, 2.24) is 14.1 Å². The molecule has 3 aromatic heterocycles. The monoisotopic (exact) mass is 576 g/mol. The lowest BCUT2D eigenvalue weighted by molar-refractivity contribution is 1.13. The van der Waals surface area contributed by atoms with Crippen LogP contribution in [0.5, 0.6) is 0 Å². The first-order chi connectivity index (χ1) is 22.4. The van der Waals surface area contributed by atoms with E-state index in [9.17, 15) is 0 Å². The Morgan fingerprint density at radius 1 is 0.422 bits per heavy atom. The van der Waals surface area contributed by atoms with Crippen LogP contribution in [0.2, 0.25) is 0 Å². The van der Waals surface area contributed by atoms with Gasteiger partial charge < -0.3 is 9.13 Å². The lowest BCUT2D eigenvalue weighted by atomic mass is 10.1. The van der Waals surface area contributed by atoms with E-state index in [1.54, 1.807) is 0 Å². The number of para-hydroxylation sites is 5. The second kappa shape index (κ2) is 10.2. The molecule has 0 saturated carbocycles. The number of benzene rings is 6. The van der Waals surface area contributed by atoms with E-state index in [0.717, 1.165) is 39.6 Å². The zero-order chi connectivity index (χ0) is 29.7. The van der Waals surface area contributed by atoms with Crippen molar-refractivity contribution in [2.75, 3.05) is 4.90 Å². The normalized spacial score (nSPS) is 11.6. The summed E-state index contributed by atoms with van der Waals surface area (Å²) >= 11 is 0. The highest BCUT2D eigenvalue weighted by molar-refractivity contribution is 6.16. The predicted molar refractivity (Wildman–Crippen MR) is 188 cm³/mol. The predicted octanol–water partition coefficient (Wildman–Crippen LogP) is 10.7. The lowest BCUT2D eigenvalue weighted by Crippen LogP contribution is -2.13. The van der Waals surface area contributed by atoms with Crippen LogP contribution in [0, 0.1) is 0 Å². The SMILES string of the molecule is c1ccc(N(c2ccccn2)c2cc(-n3c4ccccc4c4ccccc43)cc3c4ccccc4n(-c4ccccc4)c23)cc1. The Balaban J connectivity index is 1.49. The van der Waals surface area contributed by atoms with E-state index in [0.29, 0.717) is 0 Å². The van der Waals surface area contributed by atoms with Crippen molar-refractivity contribution in [2.45, 2.75) is 0 Å². The van der Waals surface area contributed by atoms with E-state index in [1.807, 2.05) is 12.3 Å². The number of hydrogen-bond donors (Lipinski definition) is 0. The summed E-state index contributed by atoms with van der Waals surface area (Å²) in [5, 5.41) is 4.87. The third-order valence-electron chi connectivity index (χ3n) is 8.72. The van der Waals surface area contributed by atoms with Crippen LogP contribution < -0.4 is 4.90 Å². The van der Waals surface area contributed by atoms with E-state index < -0.39 is 0 Å². The van der Waals surface area contributed by atoms with Gasteiger partial charge in [0.2, 0.25) is 0 Å². The number of anilines is 3. The summed E-state index contributed by atoms with van der Waals surface area (Å²) in [6.07, 6.45) is 1.87. The van der Waals surface area contributed by atoms with Gasteiger partial charge >= 0.3 is 0 Å². The van der Waals surface area contributed by atoms with E-state index >= 15 is 0 Å². The fourth-order valence-corrected chi connectivity index (χ4v) is 6.86. The molecule has 45 heavy (non-hydrogen) atoms. The Kier molecular flexibility index (Phi) is 5.78. The van der Waals surface area contributed by atoms with Crippen LogP contribution >= 0.6 is 0 Å². The summed E-state index contributed by atoms with van der Waals surface area (Å²) in [5.74, 6) is 0.856. The maximum Gasteiger partial charge on any atom is 0.137 e. The van der Waals surface area contributed by atoms with E-state index in [-0.39, 0.29) is 0 Å². The van der Waals surface area contributed by atoms with Gasteiger partial charge in [-0.3, -0.25) is 4.90 Å². The van der Waals surface area contributed by atoms with Gasteiger partial charge in [-0.2, -0.15) is 0 Å². The minimum Gasteiger partial charge on any atom is -0.309 e. The van der Waals surface area contributed by atoms with Crippen molar-refractivity contribution in [2.24, 2.45) is 0 Å². The summed E-state index contributed by atoms with van der Waals surface area (Å²) in [4.78, 5) is 7.19. The van der Waals surface area contributed by atoms with Crippen molar-refractivity contribution in [3.8, 4) is 11.4 Å². The van der Waals surface area contributed by atoms with Crippen LogP contribution in [-0.2, 0) is 0 Å². The Morgan fingerprint density at radius 3 is 1.58 bits per heavy atom. The first-order valence-electron chi connectivity index (χ1n) is 15.2. The van der Waals surface area contributed by atoms with Crippen molar-refractivity contribution < 1.29 is 0 Å². The molecule has 0 unspecified atom stereocenters. The van der Waals surface area contributed by atoms with E-state index in [1.165, 1.54) is 32.6 Å². The quantitative estimate of drug-likeness (QED) is 0.204. The molecule has 0 atom stereocenters. The maximum absolute atomic E-state index is 4.90. The average Bonchev–Trinajstić information content (AvgIpc) is 3.63. The molecule has 0 fully saturated rings. The minimum absolute atomic E-state index is 0.856. The zero-order valence-electron chi connectivity index (χ0n) is 24.5. The molecular formula is C41H28N4. The second-order valence-corrected chi connectivity index (χ2v) is 11.3. The number of rotatable bonds is 5. The largest absolute Gasteiger partial charge is 0.309 e. The molecule has 212 valence electrons. The maximum atomic E-state index is 4.90. The van der Waals surface area contributed by atoms with Gasteiger partial charge in [-0.15, -0.1) is 0 Å². The molecule has 0 N–H and O–H groups in total. The minimum atomic E-state index is 0.856. The first-order valence-corrected chi connectivity index (χ1v) is 15.2. The fraction of sp³-hybridized carbons (Fsp3) is 0. The van der Waals surface area contributed by atoms with Gasteiger partial charge in [-0.05, 0) is 66.7 Å². The molecule has 0 radical (unpaired) electrons. The van der Waals surface area contributed by atoms with Crippen molar-refractivity contribution in [1.29, 1.82) is 0 Å². The van der Waals surface area contributed by atoms with Crippen LogP contribution in [0.15, 0.2) is 170 Å². The number of fused-ring (bicyclic) bond motifs is 6. The molecule has 0 amide bonds. The van der Waals surface area contributed by atoms with Gasteiger partial charge in [0, 0.05) is 44.8 Å². The van der Waals surface area contributed by atoms with Gasteiger partial charge in [0.15, 0.2) is 0 Å². The summed E-state index contributed by atoms with van der Waals surface area (Å²) in [5.41, 5.74) is 8.96. The average molecular weight is 577 g/mol. The molecule has 0 spiro atoms. The van der Waals surface area contributed by atoms with Gasteiger partial charge in [-0.25, -0.2) is 4.98 Å². The Bertz CT molecular complexity index is 2380. The third kappa shape index (κ3) is 3.96. The summed E-state index contributed by atoms with van der Waals surface area (Å²) < 4.78 is 4.80. The molecule has 3 heterocycles. The Morgan fingerprint density at radius 2 is 0.956 bits per heavy atom. The highest BCUT2D eigenvalue weighted by atomic mass is 15.2. The zero-order valence-corrected chi connectivity index (χ0v) is 24.5. The number of hydrogen-bond acceptors (Lipinski definition) is 2. The molecule has 9 rings (SSSR count). The van der Waals surface area contributed by atoms with Crippen LogP contribution in [0.3, 0.4) is 0 Å². The van der Waals surface area contributed by atoms with Crippen LogP contribution in [0.4, 0.5) is 17.2 Å². The molecular weight excluding hydrogens is 548 g/mol. The summed E-state index contributed by atoms with van der Waals surface area (Å²) in [7, 11) is 0. The molecule has 0 bridgehead atoms. The molecule has 0 aliphatic heterocycles. The molecule has 9 aromatic rings. The highest BCUT2D eigenvalue weighted by Gasteiger charge is 2.24.